The van der Waals surface area contributed by atoms with Crippen molar-refractivity contribution in [3.05, 3.63) is 99.8 Å². The van der Waals surface area contributed by atoms with Crippen LogP contribution in [0.5, 0.6) is 0 Å². The van der Waals surface area contributed by atoms with Gasteiger partial charge in [0.05, 0.1) is 0 Å². The van der Waals surface area contributed by atoms with Crippen LogP contribution in [0.1, 0.15) is 242 Å². The van der Waals surface area contributed by atoms with E-state index in [4.69, 9.17) is 0 Å². The van der Waals surface area contributed by atoms with Crippen LogP contribution in [0.4, 0.5) is 0 Å². The molecule has 0 atom stereocenters. The molecule has 0 fully saturated rings. The summed E-state index contributed by atoms with van der Waals surface area (Å²) in [6.45, 7) is 26.2. The van der Waals surface area contributed by atoms with Gasteiger partial charge in [0.1, 0.15) is 0 Å². The fourth-order valence-electron chi connectivity index (χ4n) is 8.40. The Bertz CT molecular complexity index is 1350. The maximum absolute atomic E-state index is 12.4. The summed E-state index contributed by atoms with van der Waals surface area (Å²) in [6, 6.07) is 9.98. The molecule has 0 spiro atoms. The summed E-state index contributed by atoms with van der Waals surface area (Å²) in [5.41, 5.74) is 27.7. The van der Waals surface area contributed by atoms with Crippen molar-refractivity contribution in [3.8, 4) is 0 Å². The van der Waals surface area contributed by atoms with Gasteiger partial charge in [-0.05, 0) is 148 Å². The van der Waals surface area contributed by atoms with Crippen molar-refractivity contribution < 1.29 is 21.2 Å². The summed E-state index contributed by atoms with van der Waals surface area (Å²) in [4.78, 5) is 0. The van der Waals surface area contributed by atoms with Gasteiger partial charge >= 0.3 is 16.5 Å². The van der Waals surface area contributed by atoms with Gasteiger partial charge in [-0.15, -0.1) is 0 Å². The smallest absolute Gasteiger partial charge is 0.493 e. The molecule has 0 aliphatic carbocycles. The third-order valence-electron chi connectivity index (χ3n) is 11.6. The molecular formula is C54H90N2Ni. The fourth-order valence-corrected chi connectivity index (χ4v) is 8.40. The maximum atomic E-state index is 12.4. The maximum Gasteiger partial charge on any atom is 2.00 e. The van der Waals surface area contributed by atoms with Crippen LogP contribution in [0.3, 0.4) is 0 Å². The Hall–Kier alpha value is -1.99. The number of aryl methyl sites for hydroxylation is 4. The van der Waals surface area contributed by atoms with E-state index in [1.165, 1.54) is 145 Å². The minimum absolute atomic E-state index is 0. The molecule has 2 nitrogen and oxygen atoms in total. The van der Waals surface area contributed by atoms with E-state index >= 15 is 0 Å². The molecule has 0 saturated heterocycles. The molecule has 0 bridgehead atoms. The van der Waals surface area contributed by atoms with E-state index in [1.807, 2.05) is 0 Å². The van der Waals surface area contributed by atoms with Gasteiger partial charge in [-0.3, -0.25) is 0 Å². The monoisotopic (exact) mass is 825 g/mol. The predicted molar refractivity (Wildman–Crippen MR) is 252 cm³/mol. The second-order valence-electron chi connectivity index (χ2n) is 16.1. The van der Waals surface area contributed by atoms with E-state index in [0.29, 0.717) is 0 Å². The van der Waals surface area contributed by atoms with Gasteiger partial charge in [0.15, 0.2) is 0 Å². The van der Waals surface area contributed by atoms with Crippen LogP contribution >= 0.6 is 0 Å². The van der Waals surface area contributed by atoms with Crippen molar-refractivity contribution in [1.82, 2.24) is 0 Å². The number of rotatable bonds is 29. The molecule has 2 aromatic carbocycles. The normalized spacial score (nSPS) is 12.2. The Kier molecular flexibility index (Phi) is 33.6. The Balaban J connectivity index is 0.00000607. The van der Waals surface area contributed by atoms with E-state index in [1.54, 1.807) is 51.9 Å². The minimum atomic E-state index is 0. The standard InChI is InChI=1S/C50H80N2.2C2H5.Ni/c1-8-15-22-29-40-35-45(36-41(30-23-16-9-2)47(40)33-26-19-12-5)49-39-44(28-21-14-7)50(52(49)51)46-37-42(31-24-17-10-3)48(34-27-20-13-6)43(38-46)32-25-18-11-4;2*1-2;/h35-39H,8-34H2,1-7H3;2*1H2,2H3;/q;2*-1;+2. The largest absolute Gasteiger partial charge is 2.00 e. The Morgan fingerprint density at radius 1 is 0.404 bits per heavy atom. The van der Waals surface area contributed by atoms with E-state index in [2.05, 4.69) is 92.7 Å². The Morgan fingerprint density at radius 3 is 1.02 bits per heavy atom. The average molecular weight is 826 g/mol. The first kappa shape index (κ1) is 55.0. The molecule has 0 saturated carbocycles. The molecule has 0 N–H and O–H groups in total. The third kappa shape index (κ3) is 18.9. The Morgan fingerprint density at radius 2 is 0.702 bits per heavy atom. The molecule has 0 unspecified atom stereocenters. The van der Waals surface area contributed by atoms with Gasteiger partial charge in [-0.2, -0.15) is 13.8 Å². The number of hydrogen-bond donors (Lipinski definition) is 0. The SMILES string of the molecule is CCCCCc1cc(C2=CC(CCCC)=C(c3cc(CCCCC)c(CCCCC)c(CCCCC)c3)[N+]2=[N-])cc(CCCCC)c1CCCCC.[CH2-]C.[CH2-]C.[Ni+2]. The molecule has 0 aromatic heterocycles. The molecule has 0 amide bonds. The molecule has 57 heavy (non-hydrogen) atoms. The first-order chi connectivity index (χ1) is 27.5. The van der Waals surface area contributed by atoms with Crippen molar-refractivity contribution in [2.75, 3.05) is 0 Å². The first-order valence-electron chi connectivity index (χ1n) is 24.1. The Labute approximate surface area is 366 Å². The second-order valence-corrected chi connectivity index (χ2v) is 16.1. The quantitative estimate of drug-likeness (QED) is 0.0338. The summed E-state index contributed by atoms with van der Waals surface area (Å²) in [5.74, 6) is 0. The molecule has 1 heterocycles. The second kappa shape index (κ2) is 34.8. The van der Waals surface area contributed by atoms with Crippen molar-refractivity contribution in [2.24, 2.45) is 0 Å². The van der Waals surface area contributed by atoms with Crippen molar-refractivity contribution in [1.29, 1.82) is 0 Å². The molecule has 0 radical (unpaired) electrons. The number of unbranched alkanes of at least 4 members (excludes halogenated alkanes) is 13. The summed E-state index contributed by atoms with van der Waals surface area (Å²) in [5, 5.41) is 0. The molecule has 3 rings (SSSR count). The van der Waals surface area contributed by atoms with Gasteiger partial charge in [0.2, 0.25) is 11.4 Å². The van der Waals surface area contributed by atoms with Crippen molar-refractivity contribution in [3.63, 3.8) is 0 Å². The van der Waals surface area contributed by atoms with Gasteiger partial charge in [-0.1, -0.05) is 132 Å². The van der Waals surface area contributed by atoms with Crippen molar-refractivity contribution >= 4 is 11.4 Å². The van der Waals surface area contributed by atoms with Crippen molar-refractivity contribution in [2.45, 2.75) is 236 Å². The van der Waals surface area contributed by atoms with Crippen LogP contribution in [-0.2, 0) is 55.0 Å². The first-order valence-corrected chi connectivity index (χ1v) is 24.1. The summed E-state index contributed by atoms with van der Waals surface area (Å²) < 4.78 is 1.63. The predicted octanol–water partition coefficient (Wildman–Crippen LogP) is 17.8. The van der Waals surface area contributed by atoms with Gasteiger partial charge in [0.25, 0.3) is 0 Å². The van der Waals surface area contributed by atoms with E-state index in [9.17, 15) is 5.53 Å². The molecule has 3 heteroatoms. The number of benzene rings is 2. The van der Waals surface area contributed by atoms with Crippen LogP contribution in [0, 0.1) is 13.8 Å². The zero-order valence-electron chi connectivity index (χ0n) is 39.1. The van der Waals surface area contributed by atoms with Gasteiger partial charge in [-0.25, -0.2) is 4.70 Å². The zero-order chi connectivity index (χ0) is 41.6. The summed E-state index contributed by atoms with van der Waals surface area (Å²) in [7, 11) is 0. The average Bonchev–Trinajstić information content (AvgIpc) is 3.55. The van der Waals surface area contributed by atoms with E-state index < -0.39 is 0 Å². The number of nitrogens with zero attached hydrogens (tertiary/aromatic N) is 2. The topological polar surface area (TPSA) is 25.3 Å². The molecule has 1 aliphatic rings. The minimum Gasteiger partial charge on any atom is -0.493 e. The molecule has 326 valence electrons. The summed E-state index contributed by atoms with van der Waals surface area (Å²) >= 11 is 0. The number of allylic oxidation sites excluding steroid dienone is 2. The third-order valence-corrected chi connectivity index (χ3v) is 11.6. The van der Waals surface area contributed by atoms with Crippen LogP contribution < -0.4 is 0 Å². The number of hydrogen-bond acceptors (Lipinski definition) is 0. The van der Waals surface area contributed by atoms with Gasteiger partial charge in [0, 0.05) is 22.8 Å². The molecule has 1 aliphatic heterocycles. The summed E-state index contributed by atoms with van der Waals surface area (Å²) in [6.07, 6.45) is 35.4. The molecule has 2 aromatic rings. The fraction of sp³-hybridized carbons (Fsp3) is 0.667. The van der Waals surface area contributed by atoms with Crippen LogP contribution in [0.15, 0.2) is 35.9 Å². The van der Waals surface area contributed by atoms with Crippen LogP contribution in [0.25, 0.3) is 16.9 Å². The zero-order valence-corrected chi connectivity index (χ0v) is 40.1. The van der Waals surface area contributed by atoms with E-state index in [0.717, 1.165) is 56.3 Å². The molecular weight excluding hydrogens is 735 g/mol. The van der Waals surface area contributed by atoms with E-state index in [-0.39, 0.29) is 16.5 Å². The van der Waals surface area contributed by atoms with Crippen LogP contribution in [-0.4, -0.2) is 4.70 Å². The van der Waals surface area contributed by atoms with Gasteiger partial charge < -0.3 is 19.4 Å². The van der Waals surface area contributed by atoms with Crippen LogP contribution in [0.2, 0.25) is 0 Å².